The Morgan fingerprint density at radius 1 is 1.00 bits per heavy atom. The molecule has 0 aliphatic heterocycles. The van der Waals surface area contributed by atoms with E-state index < -0.39 is 6.04 Å². The van der Waals surface area contributed by atoms with Crippen molar-refractivity contribution in [1.29, 1.82) is 0 Å². The molecule has 0 radical (unpaired) electrons. The lowest BCUT2D eigenvalue weighted by Crippen LogP contribution is -2.50. The second-order valence-corrected chi connectivity index (χ2v) is 7.93. The molecule has 0 aliphatic carbocycles. The molecule has 162 valence electrons. The molecule has 0 aliphatic rings. The van der Waals surface area contributed by atoms with Crippen LogP contribution in [0.3, 0.4) is 0 Å². The van der Waals surface area contributed by atoms with Gasteiger partial charge in [0.25, 0.3) is 5.91 Å². The molecule has 0 fully saturated rings. The number of aryl methyl sites for hydroxylation is 2. The number of nitrogens with one attached hydrogen (secondary N) is 1. The van der Waals surface area contributed by atoms with Gasteiger partial charge in [-0.05, 0) is 69.4 Å². The van der Waals surface area contributed by atoms with Crippen LogP contribution in [-0.2, 0) is 16.1 Å². The number of amides is 2. The molecule has 2 amide bonds. The van der Waals surface area contributed by atoms with Crippen LogP contribution in [0.25, 0.3) is 0 Å². The van der Waals surface area contributed by atoms with Crippen LogP contribution < -0.4 is 10.1 Å². The van der Waals surface area contributed by atoms with E-state index in [0.29, 0.717) is 12.3 Å². The third-order valence-corrected chi connectivity index (χ3v) is 5.68. The largest absolute Gasteiger partial charge is 0.483 e. The van der Waals surface area contributed by atoms with Crippen molar-refractivity contribution in [2.24, 2.45) is 0 Å². The average Bonchev–Trinajstić information content (AvgIpc) is 2.73. The molecule has 2 atom stereocenters. The van der Waals surface area contributed by atoms with Crippen molar-refractivity contribution in [2.45, 2.75) is 66.6 Å². The molecular formula is C25H34N2O3. The van der Waals surface area contributed by atoms with Crippen LogP contribution in [-0.4, -0.2) is 35.4 Å². The van der Waals surface area contributed by atoms with E-state index in [1.165, 1.54) is 0 Å². The average molecular weight is 411 g/mol. The molecule has 5 nitrogen and oxygen atoms in total. The second-order valence-electron chi connectivity index (χ2n) is 7.93. The smallest absolute Gasteiger partial charge is 0.261 e. The fourth-order valence-electron chi connectivity index (χ4n) is 3.12. The Morgan fingerprint density at radius 3 is 2.33 bits per heavy atom. The van der Waals surface area contributed by atoms with Gasteiger partial charge in [0.05, 0.1) is 0 Å². The first-order valence-corrected chi connectivity index (χ1v) is 10.6. The van der Waals surface area contributed by atoms with Gasteiger partial charge in [-0.3, -0.25) is 9.59 Å². The first-order valence-electron chi connectivity index (χ1n) is 10.6. The third-order valence-electron chi connectivity index (χ3n) is 5.68. The molecule has 0 saturated carbocycles. The molecular weight excluding hydrogens is 376 g/mol. The van der Waals surface area contributed by atoms with E-state index in [0.717, 1.165) is 28.7 Å². The third kappa shape index (κ3) is 6.09. The lowest BCUT2D eigenvalue weighted by atomic mass is 10.1. The summed E-state index contributed by atoms with van der Waals surface area (Å²) < 4.78 is 5.84. The van der Waals surface area contributed by atoms with Crippen LogP contribution in [0.4, 0.5) is 0 Å². The highest BCUT2D eigenvalue weighted by Gasteiger charge is 2.27. The minimum Gasteiger partial charge on any atom is -0.483 e. The van der Waals surface area contributed by atoms with Crippen molar-refractivity contribution in [3.8, 4) is 5.75 Å². The molecule has 2 aromatic carbocycles. The van der Waals surface area contributed by atoms with Crippen LogP contribution in [0.2, 0.25) is 0 Å². The zero-order chi connectivity index (χ0) is 22.3. The highest BCUT2D eigenvalue weighted by molar-refractivity contribution is 5.88. The first-order chi connectivity index (χ1) is 14.2. The summed E-state index contributed by atoms with van der Waals surface area (Å²) in [6.07, 6.45) is 0.833. The lowest BCUT2D eigenvalue weighted by Gasteiger charge is -2.30. The van der Waals surface area contributed by atoms with Gasteiger partial charge in [-0.15, -0.1) is 0 Å². The summed E-state index contributed by atoms with van der Waals surface area (Å²) in [6.45, 7) is 12.0. The molecule has 0 heterocycles. The van der Waals surface area contributed by atoms with Crippen molar-refractivity contribution < 1.29 is 14.3 Å². The molecule has 0 saturated heterocycles. The minimum atomic E-state index is -0.603. The Hall–Kier alpha value is -2.82. The summed E-state index contributed by atoms with van der Waals surface area (Å²) in [5.41, 5.74) is 4.22. The highest BCUT2D eigenvalue weighted by atomic mass is 16.5. The molecule has 0 spiro atoms. The van der Waals surface area contributed by atoms with Crippen molar-refractivity contribution >= 4 is 11.8 Å². The molecule has 0 bridgehead atoms. The predicted octanol–water partition coefficient (Wildman–Crippen LogP) is 4.32. The van der Waals surface area contributed by atoms with E-state index in [1.54, 1.807) is 11.8 Å². The molecule has 2 aromatic rings. The Bertz CT molecular complexity index is 878. The van der Waals surface area contributed by atoms with Crippen LogP contribution in [0.1, 0.15) is 49.4 Å². The van der Waals surface area contributed by atoms with Crippen molar-refractivity contribution in [3.63, 3.8) is 0 Å². The first kappa shape index (κ1) is 23.5. The number of hydrogen-bond acceptors (Lipinski definition) is 3. The normalized spacial score (nSPS) is 12.7. The van der Waals surface area contributed by atoms with E-state index in [4.69, 9.17) is 4.74 Å². The van der Waals surface area contributed by atoms with E-state index in [1.807, 2.05) is 77.1 Å². The molecule has 5 heteroatoms. The molecule has 0 aromatic heterocycles. The number of ether oxygens (including phenoxy) is 1. The van der Waals surface area contributed by atoms with Crippen molar-refractivity contribution in [1.82, 2.24) is 10.2 Å². The van der Waals surface area contributed by atoms with Gasteiger partial charge in [0, 0.05) is 12.6 Å². The molecule has 2 rings (SSSR count). The van der Waals surface area contributed by atoms with Crippen molar-refractivity contribution in [3.05, 3.63) is 64.7 Å². The van der Waals surface area contributed by atoms with Crippen molar-refractivity contribution in [2.75, 3.05) is 6.61 Å². The number of nitrogens with zero attached hydrogens (tertiary/aromatic N) is 1. The van der Waals surface area contributed by atoms with Crippen LogP contribution in [0.15, 0.2) is 42.5 Å². The van der Waals surface area contributed by atoms with Gasteiger partial charge in [0.2, 0.25) is 5.91 Å². The van der Waals surface area contributed by atoms with Gasteiger partial charge in [0.15, 0.2) is 6.61 Å². The molecule has 30 heavy (non-hydrogen) atoms. The maximum Gasteiger partial charge on any atom is 0.261 e. The summed E-state index contributed by atoms with van der Waals surface area (Å²) in [4.78, 5) is 27.5. The topological polar surface area (TPSA) is 58.6 Å². The quantitative estimate of drug-likeness (QED) is 0.670. The van der Waals surface area contributed by atoms with Gasteiger partial charge in [-0.1, -0.05) is 43.3 Å². The Kier molecular flexibility index (Phi) is 8.46. The predicted molar refractivity (Wildman–Crippen MR) is 120 cm³/mol. The van der Waals surface area contributed by atoms with E-state index in [9.17, 15) is 9.59 Å². The number of hydrogen-bond donors (Lipinski definition) is 1. The van der Waals surface area contributed by atoms with E-state index >= 15 is 0 Å². The van der Waals surface area contributed by atoms with Gasteiger partial charge in [0.1, 0.15) is 11.8 Å². The van der Waals surface area contributed by atoms with Crippen LogP contribution in [0.5, 0.6) is 5.75 Å². The number of carbonyl (C=O) groups excluding carboxylic acids is 2. The zero-order valence-electron chi connectivity index (χ0n) is 19.0. The maximum atomic E-state index is 13.2. The summed E-state index contributed by atoms with van der Waals surface area (Å²) in [7, 11) is 0. The SMILES string of the molecule is CC[C@@H](C)NC(=O)[C@@H](C)N(Cc1ccccc1C)C(=O)COc1cccc(C)c1C. The summed E-state index contributed by atoms with van der Waals surface area (Å²) in [5.74, 6) is 0.319. The Labute approximate surface area is 180 Å². The zero-order valence-corrected chi connectivity index (χ0v) is 19.0. The molecule has 0 unspecified atom stereocenters. The monoisotopic (exact) mass is 410 g/mol. The van der Waals surface area contributed by atoms with Gasteiger partial charge in [-0.2, -0.15) is 0 Å². The summed E-state index contributed by atoms with van der Waals surface area (Å²) in [6, 6.07) is 13.1. The number of carbonyl (C=O) groups is 2. The van der Waals surface area contributed by atoms with E-state index in [-0.39, 0.29) is 24.5 Å². The van der Waals surface area contributed by atoms with Crippen LogP contribution in [0, 0.1) is 20.8 Å². The Balaban J connectivity index is 2.20. The minimum absolute atomic E-state index is 0.0570. The lowest BCUT2D eigenvalue weighted by molar-refractivity contribution is -0.142. The fraction of sp³-hybridized carbons (Fsp3) is 0.440. The van der Waals surface area contributed by atoms with Gasteiger partial charge < -0.3 is 15.0 Å². The second kappa shape index (κ2) is 10.8. The molecule has 1 N–H and O–H groups in total. The fourth-order valence-corrected chi connectivity index (χ4v) is 3.12. The Morgan fingerprint density at radius 2 is 1.67 bits per heavy atom. The standard InChI is InChI=1S/C25H34N2O3/c1-7-19(4)26-25(29)21(6)27(15-22-13-9-8-11-18(22)3)24(28)16-30-23-14-10-12-17(2)20(23)5/h8-14,19,21H,7,15-16H2,1-6H3,(H,26,29)/t19-,21-/m1/s1. The van der Waals surface area contributed by atoms with E-state index in [2.05, 4.69) is 5.32 Å². The number of benzene rings is 2. The van der Waals surface area contributed by atoms with Crippen LogP contribution >= 0.6 is 0 Å². The highest BCUT2D eigenvalue weighted by Crippen LogP contribution is 2.21. The summed E-state index contributed by atoms with van der Waals surface area (Å²) in [5, 5.41) is 2.98. The number of rotatable bonds is 9. The summed E-state index contributed by atoms with van der Waals surface area (Å²) >= 11 is 0. The van der Waals surface area contributed by atoms with Gasteiger partial charge >= 0.3 is 0 Å². The van der Waals surface area contributed by atoms with Gasteiger partial charge in [-0.25, -0.2) is 0 Å². The maximum absolute atomic E-state index is 13.2.